The summed E-state index contributed by atoms with van der Waals surface area (Å²) < 4.78 is 0. The van der Waals surface area contributed by atoms with Crippen LogP contribution in [0.4, 0.5) is 0 Å². The van der Waals surface area contributed by atoms with Crippen molar-refractivity contribution in [3.05, 3.63) is 33.8 Å². The Morgan fingerprint density at radius 2 is 1.20 bits per heavy atom. The number of benzene rings is 1. The Morgan fingerprint density at radius 1 is 0.717 bits per heavy atom. The fourth-order valence-electron chi connectivity index (χ4n) is 4.43. The minimum absolute atomic E-state index is 0.0212. The number of guanidine groups is 1. The monoisotopic (exact) mass is 685 g/mol. The van der Waals surface area contributed by atoms with Crippen molar-refractivity contribution in [3.63, 3.8) is 0 Å². The second-order valence-corrected chi connectivity index (χ2v) is 12.9. The van der Waals surface area contributed by atoms with Gasteiger partial charge < -0.3 is 44.2 Å². The van der Waals surface area contributed by atoms with Gasteiger partial charge in [-0.05, 0) is 62.1 Å². The summed E-state index contributed by atoms with van der Waals surface area (Å²) in [5.41, 5.74) is 22.5. The van der Waals surface area contributed by atoms with Crippen molar-refractivity contribution in [3.8, 4) is 0 Å². The van der Waals surface area contributed by atoms with E-state index < -0.39 is 59.7 Å². The van der Waals surface area contributed by atoms with Crippen LogP contribution in [0.15, 0.2) is 23.2 Å². The van der Waals surface area contributed by atoms with Crippen molar-refractivity contribution >= 4 is 58.7 Å². The first-order valence-corrected chi connectivity index (χ1v) is 15.9. The van der Waals surface area contributed by atoms with Crippen molar-refractivity contribution in [2.45, 2.75) is 96.9 Å². The van der Waals surface area contributed by atoms with Crippen LogP contribution >= 0.6 is 23.2 Å². The second kappa shape index (κ2) is 19.8. The molecule has 0 aliphatic rings. The summed E-state index contributed by atoms with van der Waals surface area (Å²) in [5.74, 6) is -3.33. The van der Waals surface area contributed by atoms with Crippen LogP contribution in [0, 0.1) is 11.8 Å². The van der Waals surface area contributed by atoms with Crippen LogP contribution in [0.3, 0.4) is 0 Å². The Bertz CT molecular complexity index is 1240. The van der Waals surface area contributed by atoms with Gasteiger partial charge in [-0.2, -0.15) is 0 Å². The predicted molar refractivity (Wildman–Crippen MR) is 180 cm³/mol. The van der Waals surface area contributed by atoms with Gasteiger partial charge in [-0.3, -0.25) is 29.0 Å². The lowest BCUT2D eigenvalue weighted by molar-refractivity contribution is -0.135. The normalized spacial score (nSPS) is 14.4. The van der Waals surface area contributed by atoms with Gasteiger partial charge >= 0.3 is 0 Å². The van der Waals surface area contributed by atoms with Gasteiger partial charge in [0.25, 0.3) is 0 Å². The van der Waals surface area contributed by atoms with Gasteiger partial charge in [-0.15, -0.1) is 0 Å². The fraction of sp³-hybridized carbons (Fsp3) is 0.600. The number of hydrogen-bond donors (Lipinski definition) is 8. The van der Waals surface area contributed by atoms with E-state index in [4.69, 9.17) is 46.1 Å². The highest BCUT2D eigenvalue weighted by molar-refractivity contribution is 6.42. The highest BCUT2D eigenvalue weighted by atomic mass is 35.5. The first-order chi connectivity index (χ1) is 21.4. The van der Waals surface area contributed by atoms with Crippen LogP contribution in [0.1, 0.15) is 65.9 Å². The summed E-state index contributed by atoms with van der Waals surface area (Å²) in [4.78, 5) is 68.9. The molecule has 5 amide bonds. The van der Waals surface area contributed by atoms with Gasteiger partial charge in [0.15, 0.2) is 5.96 Å². The van der Waals surface area contributed by atoms with Gasteiger partial charge in [0, 0.05) is 13.0 Å². The minimum Gasteiger partial charge on any atom is -0.370 e. The Morgan fingerprint density at radius 3 is 1.63 bits per heavy atom. The molecule has 1 aromatic rings. The summed E-state index contributed by atoms with van der Waals surface area (Å²) >= 11 is 12.2. The molecule has 0 aliphatic heterocycles. The number of amides is 5. The van der Waals surface area contributed by atoms with E-state index in [0.29, 0.717) is 17.0 Å². The van der Waals surface area contributed by atoms with E-state index in [0.717, 1.165) is 0 Å². The molecule has 0 fully saturated rings. The second-order valence-electron chi connectivity index (χ2n) is 12.1. The van der Waals surface area contributed by atoms with Crippen molar-refractivity contribution in [2.75, 3.05) is 6.54 Å². The average molecular weight is 687 g/mol. The lowest BCUT2D eigenvalue weighted by Crippen LogP contribution is -2.59. The van der Waals surface area contributed by atoms with Crippen molar-refractivity contribution in [2.24, 2.45) is 39.8 Å². The molecule has 258 valence electrons. The molecule has 0 bridgehead atoms. The van der Waals surface area contributed by atoms with Crippen molar-refractivity contribution in [1.82, 2.24) is 21.3 Å². The maximum atomic E-state index is 13.6. The number of nitrogens with zero attached hydrogens (tertiary/aromatic N) is 1. The fourth-order valence-corrected chi connectivity index (χ4v) is 4.75. The molecule has 5 atom stereocenters. The Balaban J connectivity index is 3.19. The Hall–Kier alpha value is -3.62. The van der Waals surface area contributed by atoms with E-state index in [1.807, 2.05) is 27.7 Å². The molecule has 0 radical (unpaired) electrons. The predicted octanol–water partition coefficient (Wildman–Crippen LogP) is 0.453. The van der Waals surface area contributed by atoms with Gasteiger partial charge in [-0.1, -0.05) is 57.0 Å². The number of primary amides is 1. The summed E-state index contributed by atoms with van der Waals surface area (Å²) in [7, 11) is 0. The minimum atomic E-state index is -1.11. The number of nitrogens with one attached hydrogen (secondary N) is 4. The molecule has 0 aromatic heterocycles. The molecular formula is C30H49Cl2N9O5. The van der Waals surface area contributed by atoms with Crippen LogP contribution < -0.4 is 44.2 Å². The van der Waals surface area contributed by atoms with Crippen molar-refractivity contribution < 1.29 is 24.0 Å². The molecule has 12 N–H and O–H groups in total. The van der Waals surface area contributed by atoms with E-state index in [1.165, 1.54) is 6.92 Å². The van der Waals surface area contributed by atoms with E-state index in [1.54, 1.807) is 18.2 Å². The van der Waals surface area contributed by atoms with E-state index in [-0.39, 0.29) is 55.0 Å². The molecule has 1 aromatic carbocycles. The number of hydrogen-bond acceptors (Lipinski definition) is 7. The van der Waals surface area contributed by atoms with E-state index in [2.05, 4.69) is 26.3 Å². The molecule has 0 aliphatic carbocycles. The van der Waals surface area contributed by atoms with Crippen molar-refractivity contribution in [1.29, 1.82) is 0 Å². The molecule has 1 rings (SSSR count). The van der Waals surface area contributed by atoms with Crippen LogP contribution in [0.2, 0.25) is 10.0 Å². The zero-order valence-corrected chi connectivity index (χ0v) is 28.6. The number of carbonyl (C=O) groups is 5. The van der Waals surface area contributed by atoms with Crippen LogP contribution in [-0.4, -0.2) is 72.2 Å². The maximum absolute atomic E-state index is 13.6. The van der Waals surface area contributed by atoms with Gasteiger partial charge in [0.05, 0.1) is 16.1 Å². The zero-order valence-electron chi connectivity index (χ0n) is 27.1. The number of rotatable bonds is 19. The topological polar surface area (TPSA) is 250 Å². The molecular weight excluding hydrogens is 637 g/mol. The third kappa shape index (κ3) is 15.1. The standard InChI is InChI=1S/C30H49Cl2N9O5/c1-15(2)11-22(27(44)38-21(25(34)42)7-6-10-37-30(35)36)40-28(45)23(12-16(3)4)41-29(46)24(39-26(43)17(5)33)14-18-8-9-19(31)20(32)13-18/h8-9,13,15-17,21-24H,6-7,10-12,14,33H2,1-5H3,(H2,34,42)(H,38,44)(H,39,43)(H,40,45)(H,41,46)(H4,35,36,37)/t17-,21-,22-,23-,24-/m0/s1. The number of nitrogens with two attached hydrogens (primary N) is 4. The lowest BCUT2D eigenvalue weighted by atomic mass is 9.98. The number of halogens is 2. The third-order valence-electron chi connectivity index (χ3n) is 6.76. The van der Waals surface area contributed by atoms with E-state index >= 15 is 0 Å². The summed E-state index contributed by atoms with van der Waals surface area (Å²) in [6.45, 7) is 9.20. The first-order valence-electron chi connectivity index (χ1n) is 15.2. The molecule has 14 nitrogen and oxygen atoms in total. The summed E-state index contributed by atoms with van der Waals surface area (Å²) in [5, 5.41) is 11.3. The first kappa shape index (κ1) is 40.4. The Kier molecular flexibility index (Phi) is 17.4. The van der Waals surface area contributed by atoms with Gasteiger partial charge in [0.2, 0.25) is 29.5 Å². The summed E-state index contributed by atoms with van der Waals surface area (Å²) in [6.07, 6.45) is 1.05. The zero-order chi connectivity index (χ0) is 35.1. The molecule has 0 heterocycles. The highest BCUT2D eigenvalue weighted by Crippen LogP contribution is 2.23. The SMILES string of the molecule is CC(C)C[C@H](NC(=O)[C@H](CC(C)C)NC(=O)[C@H](Cc1ccc(Cl)c(Cl)c1)NC(=O)[C@H](C)N)C(=O)N[C@@H](CCCN=C(N)N)C(N)=O. The van der Waals surface area contributed by atoms with Crippen LogP contribution in [0.25, 0.3) is 0 Å². The quantitative estimate of drug-likeness (QED) is 0.0575. The largest absolute Gasteiger partial charge is 0.370 e. The molecule has 0 spiro atoms. The van der Waals surface area contributed by atoms with Gasteiger partial charge in [0.1, 0.15) is 24.2 Å². The van der Waals surface area contributed by atoms with E-state index in [9.17, 15) is 24.0 Å². The maximum Gasteiger partial charge on any atom is 0.243 e. The highest BCUT2D eigenvalue weighted by Gasteiger charge is 2.32. The van der Waals surface area contributed by atoms with Crippen LogP contribution in [0.5, 0.6) is 0 Å². The number of carbonyl (C=O) groups excluding carboxylic acids is 5. The smallest absolute Gasteiger partial charge is 0.243 e. The van der Waals surface area contributed by atoms with Gasteiger partial charge in [-0.25, -0.2) is 0 Å². The molecule has 0 saturated carbocycles. The lowest BCUT2D eigenvalue weighted by Gasteiger charge is -2.28. The molecule has 0 unspecified atom stereocenters. The molecule has 16 heteroatoms. The number of aliphatic imine (C=N–C) groups is 1. The van der Waals surface area contributed by atoms with Crippen LogP contribution in [-0.2, 0) is 30.4 Å². The third-order valence-corrected chi connectivity index (χ3v) is 7.49. The Labute approximate surface area is 280 Å². The average Bonchev–Trinajstić information content (AvgIpc) is 2.94. The summed E-state index contributed by atoms with van der Waals surface area (Å²) in [6, 6.07) is -0.309. The molecule has 0 saturated heterocycles. The molecule has 46 heavy (non-hydrogen) atoms.